The van der Waals surface area contributed by atoms with Gasteiger partial charge in [-0.2, -0.15) is 11.3 Å². The Morgan fingerprint density at radius 3 is 2.92 bits per heavy atom. The Hall–Kier alpha value is -2.93. The minimum Gasteiger partial charge on any atom is -0.399 e. The molecule has 0 aliphatic rings. The standard InChI is InChI=1S/C18H18N6S/c1-2-7-20-17-15-18(24(11-21-15)14-6-8-25-10-14)23-16(22-17)12-4-3-5-13(19)9-12/h3-6,8-11H,2,7,19H2,1H3,(H,20,22,23). The number of nitrogen functional groups attached to an aromatic ring is 1. The third-order valence-electron chi connectivity index (χ3n) is 3.87. The Morgan fingerprint density at radius 2 is 2.16 bits per heavy atom. The van der Waals surface area contributed by atoms with E-state index in [0.29, 0.717) is 11.5 Å². The van der Waals surface area contributed by atoms with Gasteiger partial charge in [-0.1, -0.05) is 19.1 Å². The molecule has 25 heavy (non-hydrogen) atoms. The predicted molar refractivity (Wildman–Crippen MR) is 103 cm³/mol. The first-order valence-corrected chi connectivity index (χ1v) is 9.08. The monoisotopic (exact) mass is 350 g/mol. The summed E-state index contributed by atoms with van der Waals surface area (Å²) in [6.45, 7) is 2.95. The lowest BCUT2D eigenvalue weighted by Crippen LogP contribution is -2.05. The van der Waals surface area contributed by atoms with Crippen molar-refractivity contribution in [2.45, 2.75) is 13.3 Å². The second-order valence-electron chi connectivity index (χ2n) is 5.72. The molecular formula is C18H18N6S. The van der Waals surface area contributed by atoms with Crippen LogP contribution in [0.3, 0.4) is 0 Å². The van der Waals surface area contributed by atoms with Gasteiger partial charge in [0.05, 0.1) is 5.69 Å². The third kappa shape index (κ3) is 2.94. The molecule has 3 N–H and O–H groups in total. The zero-order valence-corrected chi connectivity index (χ0v) is 14.6. The molecule has 1 aromatic carbocycles. The van der Waals surface area contributed by atoms with E-state index in [4.69, 9.17) is 15.7 Å². The summed E-state index contributed by atoms with van der Waals surface area (Å²) in [6, 6.07) is 9.66. The molecule has 126 valence electrons. The van der Waals surface area contributed by atoms with Gasteiger partial charge >= 0.3 is 0 Å². The molecule has 6 nitrogen and oxygen atoms in total. The summed E-state index contributed by atoms with van der Waals surface area (Å²) in [5.41, 5.74) is 10.1. The minimum absolute atomic E-state index is 0.635. The number of benzene rings is 1. The Balaban J connectivity index is 1.93. The lowest BCUT2D eigenvalue weighted by Gasteiger charge is -2.09. The maximum Gasteiger partial charge on any atom is 0.170 e. The van der Waals surface area contributed by atoms with Crippen molar-refractivity contribution in [3.05, 3.63) is 47.4 Å². The summed E-state index contributed by atoms with van der Waals surface area (Å²) in [5.74, 6) is 1.38. The first-order valence-electron chi connectivity index (χ1n) is 8.13. The molecule has 0 atom stereocenters. The number of rotatable bonds is 5. The van der Waals surface area contributed by atoms with Crippen molar-refractivity contribution < 1.29 is 0 Å². The molecule has 0 saturated carbocycles. The van der Waals surface area contributed by atoms with Crippen LogP contribution in [0.25, 0.3) is 28.2 Å². The quantitative estimate of drug-likeness (QED) is 0.533. The third-order valence-corrected chi connectivity index (χ3v) is 4.54. The highest BCUT2D eigenvalue weighted by atomic mass is 32.1. The van der Waals surface area contributed by atoms with Gasteiger partial charge in [-0.25, -0.2) is 15.0 Å². The Labute approximate surface area is 149 Å². The zero-order valence-electron chi connectivity index (χ0n) is 13.8. The number of imidazole rings is 1. The molecule has 3 aromatic heterocycles. The first-order chi connectivity index (χ1) is 12.3. The number of nitrogens with two attached hydrogens (primary N) is 1. The second kappa shape index (κ2) is 6.52. The molecule has 4 rings (SSSR count). The number of hydrogen-bond donors (Lipinski definition) is 2. The summed E-state index contributed by atoms with van der Waals surface area (Å²) in [4.78, 5) is 14.0. The Morgan fingerprint density at radius 1 is 1.24 bits per heavy atom. The lowest BCUT2D eigenvalue weighted by molar-refractivity contribution is 0.969. The molecule has 3 heterocycles. The number of nitrogens with one attached hydrogen (secondary N) is 1. The van der Waals surface area contributed by atoms with E-state index < -0.39 is 0 Å². The second-order valence-corrected chi connectivity index (χ2v) is 6.50. The van der Waals surface area contributed by atoms with Crippen molar-refractivity contribution in [3.63, 3.8) is 0 Å². The van der Waals surface area contributed by atoms with Crippen LogP contribution in [-0.4, -0.2) is 26.1 Å². The van der Waals surface area contributed by atoms with Gasteiger partial charge in [0.1, 0.15) is 6.33 Å². The topological polar surface area (TPSA) is 81.7 Å². The fourth-order valence-corrected chi connectivity index (χ4v) is 3.28. The molecule has 0 spiro atoms. The van der Waals surface area contributed by atoms with Crippen LogP contribution in [0.4, 0.5) is 11.5 Å². The van der Waals surface area contributed by atoms with Crippen LogP contribution < -0.4 is 11.1 Å². The van der Waals surface area contributed by atoms with Crippen molar-refractivity contribution in [1.82, 2.24) is 19.5 Å². The van der Waals surface area contributed by atoms with Gasteiger partial charge in [-0.3, -0.25) is 4.57 Å². The van der Waals surface area contributed by atoms with Crippen molar-refractivity contribution in [2.75, 3.05) is 17.6 Å². The number of anilines is 2. The van der Waals surface area contributed by atoms with Gasteiger partial charge in [0.15, 0.2) is 22.8 Å². The van der Waals surface area contributed by atoms with Crippen molar-refractivity contribution in [1.29, 1.82) is 0 Å². The van der Waals surface area contributed by atoms with Gasteiger partial charge in [-0.05, 0) is 30.0 Å². The number of thiophene rings is 1. The fraction of sp³-hybridized carbons (Fsp3) is 0.167. The average molecular weight is 350 g/mol. The molecule has 4 aromatic rings. The smallest absolute Gasteiger partial charge is 0.170 e. The van der Waals surface area contributed by atoms with Crippen LogP contribution >= 0.6 is 11.3 Å². The number of aromatic nitrogens is 4. The number of hydrogen-bond acceptors (Lipinski definition) is 6. The molecule has 0 unspecified atom stereocenters. The van der Waals surface area contributed by atoms with E-state index in [1.165, 1.54) is 0 Å². The Bertz CT molecular complexity index is 1010. The van der Waals surface area contributed by atoms with Crippen LogP contribution in [0.2, 0.25) is 0 Å². The highest BCUT2D eigenvalue weighted by Crippen LogP contribution is 2.27. The lowest BCUT2D eigenvalue weighted by atomic mass is 10.2. The molecule has 0 aliphatic heterocycles. The molecule has 7 heteroatoms. The van der Waals surface area contributed by atoms with E-state index >= 15 is 0 Å². The van der Waals surface area contributed by atoms with Crippen LogP contribution in [0, 0.1) is 0 Å². The fourth-order valence-electron chi connectivity index (χ4n) is 2.66. The van der Waals surface area contributed by atoms with Gasteiger partial charge in [-0.15, -0.1) is 0 Å². The van der Waals surface area contributed by atoms with E-state index in [9.17, 15) is 0 Å². The van der Waals surface area contributed by atoms with Gasteiger partial charge in [0.25, 0.3) is 0 Å². The summed E-state index contributed by atoms with van der Waals surface area (Å²) in [5, 5.41) is 7.48. The summed E-state index contributed by atoms with van der Waals surface area (Å²) in [6.07, 6.45) is 2.80. The van der Waals surface area contributed by atoms with E-state index in [1.807, 2.05) is 40.3 Å². The summed E-state index contributed by atoms with van der Waals surface area (Å²) < 4.78 is 1.99. The molecule has 0 bridgehead atoms. The molecule has 0 saturated heterocycles. The summed E-state index contributed by atoms with van der Waals surface area (Å²) >= 11 is 1.64. The van der Waals surface area contributed by atoms with E-state index in [2.05, 4.69) is 22.6 Å². The first kappa shape index (κ1) is 15.6. The molecular weight excluding hydrogens is 332 g/mol. The molecule has 0 aliphatic carbocycles. The van der Waals surface area contributed by atoms with Crippen LogP contribution in [0.5, 0.6) is 0 Å². The number of fused-ring (bicyclic) bond motifs is 1. The minimum atomic E-state index is 0.635. The largest absolute Gasteiger partial charge is 0.399 e. The van der Waals surface area contributed by atoms with Crippen molar-refractivity contribution in [3.8, 4) is 17.1 Å². The van der Waals surface area contributed by atoms with Gasteiger partial charge < -0.3 is 11.1 Å². The maximum atomic E-state index is 5.93. The average Bonchev–Trinajstić information content (AvgIpc) is 3.28. The van der Waals surface area contributed by atoms with Gasteiger partial charge in [0, 0.05) is 23.2 Å². The molecule has 0 amide bonds. The van der Waals surface area contributed by atoms with E-state index in [1.54, 1.807) is 17.7 Å². The van der Waals surface area contributed by atoms with Gasteiger partial charge in [0.2, 0.25) is 0 Å². The zero-order chi connectivity index (χ0) is 17.2. The van der Waals surface area contributed by atoms with E-state index in [-0.39, 0.29) is 0 Å². The maximum absolute atomic E-state index is 5.93. The molecule has 0 fully saturated rings. The van der Waals surface area contributed by atoms with E-state index in [0.717, 1.165) is 41.2 Å². The SMILES string of the molecule is CCCNc1nc(-c2cccc(N)c2)nc2c1ncn2-c1ccsc1. The summed E-state index contributed by atoms with van der Waals surface area (Å²) in [7, 11) is 0. The van der Waals surface area contributed by atoms with Crippen molar-refractivity contribution >= 4 is 34.0 Å². The highest BCUT2D eigenvalue weighted by molar-refractivity contribution is 7.08. The van der Waals surface area contributed by atoms with Crippen LogP contribution in [0.1, 0.15) is 13.3 Å². The van der Waals surface area contributed by atoms with Crippen molar-refractivity contribution in [2.24, 2.45) is 0 Å². The molecule has 0 radical (unpaired) electrons. The Kier molecular flexibility index (Phi) is 4.07. The van der Waals surface area contributed by atoms with Crippen LogP contribution in [-0.2, 0) is 0 Å². The number of nitrogens with zero attached hydrogens (tertiary/aromatic N) is 4. The highest BCUT2D eigenvalue weighted by Gasteiger charge is 2.15. The predicted octanol–water partition coefficient (Wildman–Crippen LogP) is 3.95. The van der Waals surface area contributed by atoms with Crippen LogP contribution in [0.15, 0.2) is 47.4 Å². The normalized spacial score (nSPS) is 11.1.